The molecule has 5 nitrogen and oxygen atoms in total. The number of methoxy groups -OCH3 is 2. The Hall–Kier alpha value is -1.46. The number of phenolic OH excluding ortho intramolecular Hbond substituents is 1. The maximum Gasteiger partial charge on any atom is 0.203 e. The van der Waals surface area contributed by atoms with Crippen LogP contribution in [-0.4, -0.2) is 31.0 Å². The van der Waals surface area contributed by atoms with Gasteiger partial charge in [0.1, 0.15) is 0 Å². The summed E-state index contributed by atoms with van der Waals surface area (Å²) in [5.41, 5.74) is 6.21. The van der Waals surface area contributed by atoms with E-state index in [0.717, 1.165) is 0 Å². The van der Waals surface area contributed by atoms with Crippen molar-refractivity contribution in [1.29, 1.82) is 0 Å². The number of hydrogen-bond acceptors (Lipinski definition) is 5. The lowest BCUT2D eigenvalue weighted by Gasteiger charge is -2.14. The van der Waals surface area contributed by atoms with Crippen molar-refractivity contribution in [2.24, 2.45) is 5.73 Å². The Kier molecular flexibility index (Phi) is 3.76. The molecule has 0 heterocycles. The Bertz CT molecular complexity index is 340. The number of benzene rings is 1. The highest BCUT2D eigenvalue weighted by molar-refractivity contribution is 5.53. The van der Waals surface area contributed by atoms with Gasteiger partial charge < -0.3 is 25.4 Å². The molecule has 0 saturated heterocycles. The normalized spacial score (nSPS) is 12.3. The largest absolute Gasteiger partial charge is 0.504 e. The molecule has 0 saturated carbocycles. The van der Waals surface area contributed by atoms with E-state index in [0.29, 0.717) is 11.3 Å². The number of rotatable bonds is 4. The van der Waals surface area contributed by atoms with E-state index in [1.165, 1.54) is 20.3 Å². The van der Waals surface area contributed by atoms with Crippen LogP contribution in [-0.2, 0) is 0 Å². The maximum absolute atomic E-state index is 9.61. The monoisotopic (exact) mass is 213 g/mol. The SMILES string of the molecule is COc1cc([C@H](N)CO)cc(O)c1OC. The molecule has 1 aromatic carbocycles. The number of aliphatic hydroxyl groups excluding tert-OH is 1. The van der Waals surface area contributed by atoms with Gasteiger partial charge >= 0.3 is 0 Å². The predicted octanol–water partition coefficient (Wildman–Crippen LogP) is 0.401. The molecule has 5 heteroatoms. The summed E-state index contributed by atoms with van der Waals surface area (Å²) in [5, 5.41) is 18.5. The Morgan fingerprint density at radius 3 is 2.47 bits per heavy atom. The van der Waals surface area contributed by atoms with Crippen molar-refractivity contribution >= 4 is 0 Å². The van der Waals surface area contributed by atoms with Crippen molar-refractivity contribution < 1.29 is 19.7 Å². The molecule has 0 spiro atoms. The standard InChI is InChI=1S/C10H15NO4/c1-14-9-4-6(7(11)5-12)3-8(13)10(9)15-2/h3-4,7,12-13H,5,11H2,1-2H3/t7-/m1/s1. The van der Waals surface area contributed by atoms with Crippen molar-refractivity contribution in [3.63, 3.8) is 0 Å². The van der Waals surface area contributed by atoms with E-state index < -0.39 is 6.04 Å². The summed E-state index contributed by atoms with van der Waals surface area (Å²) in [4.78, 5) is 0. The third kappa shape index (κ3) is 2.31. The van der Waals surface area contributed by atoms with Crippen molar-refractivity contribution in [3.8, 4) is 17.2 Å². The van der Waals surface area contributed by atoms with Gasteiger partial charge in [0.15, 0.2) is 11.5 Å². The van der Waals surface area contributed by atoms with Gasteiger partial charge in [-0.3, -0.25) is 0 Å². The van der Waals surface area contributed by atoms with Gasteiger partial charge in [-0.15, -0.1) is 0 Å². The average Bonchev–Trinajstić information content (AvgIpc) is 2.26. The number of nitrogens with two attached hydrogens (primary N) is 1. The average molecular weight is 213 g/mol. The molecule has 84 valence electrons. The summed E-state index contributed by atoms with van der Waals surface area (Å²) in [6, 6.07) is 2.53. The molecule has 0 fully saturated rings. The van der Waals surface area contributed by atoms with Crippen LogP contribution in [0.1, 0.15) is 11.6 Å². The van der Waals surface area contributed by atoms with Crippen LogP contribution in [0.2, 0.25) is 0 Å². The fraction of sp³-hybridized carbons (Fsp3) is 0.400. The summed E-state index contributed by atoms with van der Waals surface area (Å²) in [5.74, 6) is 0.582. The Morgan fingerprint density at radius 2 is 2.00 bits per heavy atom. The fourth-order valence-electron chi connectivity index (χ4n) is 1.28. The molecule has 0 unspecified atom stereocenters. The van der Waals surface area contributed by atoms with E-state index in [9.17, 15) is 5.11 Å². The van der Waals surface area contributed by atoms with Gasteiger partial charge in [-0.2, -0.15) is 0 Å². The molecule has 4 N–H and O–H groups in total. The van der Waals surface area contributed by atoms with Crippen LogP contribution in [0.5, 0.6) is 17.2 Å². The molecule has 0 radical (unpaired) electrons. The third-order valence-electron chi connectivity index (χ3n) is 2.11. The molecule has 0 aromatic heterocycles. The molecule has 0 aliphatic carbocycles. The van der Waals surface area contributed by atoms with Crippen molar-refractivity contribution in [2.75, 3.05) is 20.8 Å². The lowest BCUT2D eigenvalue weighted by Crippen LogP contribution is -2.14. The summed E-state index contributed by atoms with van der Waals surface area (Å²) >= 11 is 0. The van der Waals surface area contributed by atoms with E-state index in [2.05, 4.69) is 0 Å². The quantitative estimate of drug-likeness (QED) is 0.674. The molecule has 0 amide bonds. The van der Waals surface area contributed by atoms with Crippen LogP contribution in [0.25, 0.3) is 0 Å². The zero-order chi connectivity index (χ0) is 11.4. The van der Waals surface area contributed by atoms with E-state index >= 15 is 0 Å². The van der Waals surface area contributed by atoms with E-state index in [1.807, 2.05) is 0 Å². The molecular formula is C10H15NO4. The summed E-state index contributed by atoms with van der Waals surface area (Å²) < 4.78 is 9.99. The van der Waals surface area contributed by atoms with Crippen LogP contribution < -0.4 is 15.2 Å². The highest BCUT2D eigenvalue weighted by atomic mass is 16.5. The Balaban J connectivity index is 3.19. The molecular weight excluding hydrogens is 198 g/mol. The minimum atomic E-state index is -0.546. The second-order valence-corrected chi connectivity index (χ2v) is 3.06. The highest BCUT2D eigenvalue weighted by Gasteiger charge is 2.14. The zero-order valence-corrected chi connectivity index (χ0v) is 8.73. The van der Waals surface area contributed by atoms with Gasteiger partial charge in [0.2, 0.25) is 5.75 Å². The van der Waals surface area contributed by atoms with Crippen LogP contribution in [0.4, 0.5) is 0 Å². The van der Waals surface area contributed by atoms with Crippen LogP contribution in [0.3, 0.4) is 0 Å². The maximum atomic E-state index is 9.61. The van der Waals surface area contributed by atoms with E-state index in [4.69, 9.17) is 20.3 Å². The molecule has 1 aromatic rings. The van der Waals surface area contributed by atoms with Crippen molar-refractivity contribution in [2.45, 2.75) is 6.04 Å². The van der Waals surface area contributed by atoms with Gasteiger partial charge in [0, 0.05) is 0 Å². The van der Waals surface area contributed by atoms with Crippen molar-refractivity contribution in [3.05, 3.63) is 17.7 Å². The first-order chi connectivity index (χ1) is 7.13. The van der Waals surface area contributed by atoms with Gasteiger partial charge in [-0.1, -0.05) is 0 Å². The predicted molar refractivity (Wildman–Crippen MR) is 55.2 cm³/mol. The van der Waals surface area contributed by atoms with Gasteiger partial charge in [0.25, 0.3) is 0 Å². The third-order valence-corrected chi connectivity index (χ3v) is 2.11. The lowest BCUT2D eigenvalue weighted by atomic mass is 10.1. The van der Waals surface area contributed by atoms with Crippen LogP contribution >= 0.6 is 0 Å². The van der Waals surface area contributed by atoms with Crippen LogP contribution in [0.15, 0.2) is 12.1 Å². The first kappa shape index (κ1) is 11.6. The van der Waals surface area contributed by atoms with Gasteiger partial charge in [-0.25, -0.2) is 0 Å². The first-order valence-corrected chi connectivity index (χ1v) is 4.45. The summed E-state index contributed by atoms with van der Waals surface area (Å²) in [6.07, 6.45) is 0. The van der Waals surface area contributed by atoms with E-state index in [-0.39, 0.29) is 18.1 Å². The fourth-order valence-corrected chi connectivity index (χ4v) is 1.28. The summed E-state index contributed by atoms with van der Waals surface area (Å²) in [6.45, 7) is -0.199. The number of aliphatic hydroxyl groups is 1. The number of hydrogen-bond donors (Lipinski definition) is 3. The number of aromatic hydroxyl groups is 1. The molecule has 0 aliphatic heterocycles. The second-order valence-electron chi connectivity index (χ2n) is 3.06. The Morgan fingerprint density at radius 1 is 1.33 bits per heavy atom. The topological polar surface area (TPSA) is 84.9 Å². The zero-order valence-electron chi connectivity index (χ0n) is 8.73. The van der Waals surface area contributed by atoms with Gasteiger partial charge in [0.05, 0.1) is 26.9 Å². The first-order valence-electron chi connectivity index (χ1n) is 4.45. The number of phenols is 1. The minimum Gasteiger partial charge on any atom is -0.504 e. The molecule has 0 aliphatic rings. The summed E-state index contributed by atoms with van der Waals surface area (Å²) in [7, 11) is 2.90. The van der Waals surface area contributed by atoms with E-state index in [1.54, 1.807) is 6.07 Å². The molecule has 15 heavy (non-hydrogen) atoms. The van der Waals surface area contributed by atoms with Crippen molar-refractivity contribution in [1.82, 2.24) is 0 Å². The van der Waals surface area contributed by atoms with Gasteiger partial charge in [-0.05, 0) is 17.7 Å². The molecule has 1 rings (SSSR count). The number of ether oxygens (including phenoxy) is 2. The van der Waals surface area contributed by atoms with Crippen LogP contribution in [0, 0.1) is 0 Å². The minimum absolute atomic E-state index is 0.0595. The smallest absolute Gasteiger partial charge is 0.203 e. The molecule has 1 atom stereocenters. The highest BCUT2D eigenvalue weighted by Crippen LogP contribution is 2.38. The second kappa shape index (κ2) is 4.86. The molecule has 0 bridgehead atoms. The Labute approximate surface area is 88.0 Å². The lowest BCUT2D eigenvalue weighted by molar-refractivity contribution is 0.267.